The SMILES string of the molecule is CCOC(=O)C(N)Cc1nnc(-c2ccccc2)o1. The lowest BCUT2D eigenvalue weighted by Gasteiger charge is -2.07. The quantitative estimate of drug-likeness (QED) is 0.812. The maximum absolute atomic E-state index is 11.4. The molecule has 0 amide bonds. The molecule has 6 heteroatoms. The first-order valence-corrected chi connectivity index (χ1v) is 6.00. The van der Waals surface area contributed by atoms with Crippen LogP contribution in [0.4, 0.5) is 0 Å². The molecule has 2 aromatic rings. The van der Waals surface area contributed by atoms with E-state index in [-0.39, 0.29) is 6.42 Å². The Bertz CT molecular complexity index is 539. The Morgan fingerprint density at radius 2 is 2.11 bits per heavy atom. The lowest BCUT2D eigenvalue weighted by molar-refractivity contribution is -0.144. The van der Waals surface area contributed by atoms with E-state index < -0.39 is 12.0 Å². The van der Waals surface area contributed by atoms with Gasteiger partial charge in [-0.15, -0.1) is 10.2 Å². The van der Waals surface area contributed by atoms with Gasteiger partial charge < -0.3 is 14.9 Å². The summed E-state index contributed by atoms with van der Waals surface area (Å²) in [5, 5.41) is 7.79. The maximum Gasteiger partial charge on any atom is 0.323 e. The van der Waals surface area contributed by atoms with Gasteiger partial charge in [-0.1, -0.05) is 18.2 Å². The molecule has 19 heavy (non-hydrogen) atoms. The first-order valence-electron chi connectivity index (χ1n) is 6.00. The fraction of sp³-hybridized carbons (Fsp3) is 0.308. The van der Waals surface area contributed by atoms with Gasteiger partial charge in [-0.05, 0) is 19.1 Å². The fourth-order valence-corrected chi connectivity index (χ4v) is 1.55. The molecule has 2 rings (SSSR count). The zero-order chi connectivity index (χ0) is 13.7. The van der Waals surface area contributed by atoms with Crippen molar-refractivity contribution in [2.24, 2.45) is 5.73 Å². The average molecular weight is 261 g/mol. The van der Waals surface area contributed by atoms with Gasteiger partial charge in [0.1, 0.15) is 6.04 Å². The van der Waals surface area contributed by atoms with Crippen LogP contribution in [-0.4, -0.2) is 28.8 Å². The zero-order valence-electron chi connectivity index (χ0n) is 10.6. The molecule has 0 fully saturated rings. The average Bonchev–Trinajstić information content (AvgIpc) is 2.88. The summed E-state index contributed by atoms with van der Waals surface area (Å²) in [6, 6.07) is 8.60. The van der Waals surface area contributed by atoms with Gasteiger partial charge >= 0.3 is 5.97 Å². The van der Waals surface area contributed by atoms with Crippen LogP contribution < -0.4 is 5.73 Å². The number of aromatic nitrogens is 2. The van der Waals surface area contributed by atoms with Crippen molar-refractivity contribution in [3.63, 3.8) is 0 Å². The summed E-state index contributed by atoms with van der Waals surface area (Å²) >= 11 is 0. The van der Waals surface area contributed by atoms with Gasteiger partial charge in [-0.25, -0.2) is 0 Å². The molecule has 0 aliphatic carbocycles. The lowest BCUT2D eigenvalue weighted by atomic mass is 10.2. The smallest absolute Gasteiger partial charge is 0.323 e. The van der Waals surface area contributed by atoms with Gasteiger partial charge in [0, 0.05) is 5.56 Å². The second kappa shape index (κ2) is 6.10. The molecule has 0 radical (unpaired) electrons. The van der Waals surface area contributed by atoms with E-state index >= 15 is 0 Å². The van der Waals surface area contributed by atoms with Crippen LogP contribution in [0.2, 0.25) is 0 Å². The third kappa shape index (κ3) is 3.38. The minimum absolute atomic E-state index is 0.165. The summed E-state index contributed by atoms with van der Waals surface area (Å²) in [6.07, 6.45) is 0.165. The number of nitrogens with zero attached hydrogens (tertiary/aromatic N) is 2. The Morgan fingerprint density at radius 3 is 2.79 bits per heavy atom. The Morgan fingerprint density at radius 1 is 1.37 bits per heavy atom. The van der Waals surface area contributed by atoms with E-state index in [0.717, 1.165) is 5.56 Å². The third-order valence-corrected chi connectivity index (χ3v) is 2.47. The molecule has 1 aromatic carbocycles. The van der Waals surface area contributed by atoms with E-state index in [1.165, 1.54) is 0 Å². The van der Waals surface area contributed by atoms with Crippen LogP contribution in [0.3, 0.4) is 0 Å². The van der Waals surface area contributed by atoms with Crippen LogP contribution in [0.15, 0.2) is 34.7 Å². The summed E-state index contributed by atoms with van der Waals surface area (Å²) in [5.41, 5.74) is 6.51. The third-order valence-electron chi connectivity index (χ3n) is 2.47. The number of hydrogen-bond acceptors (Lipinski definition) is 6. The number of ether oxygens (including phenoxy) is 1. The molecule has 0 aliphatic rings. The number of nitrogens with two attached hydrogens (primary N) is 1. The van der Waals surface area contributed by atoms with Crippen LogP contribution >= 0.6 is 0 Å². The van der Waals surface area contributed by atoms with Gasteiger partial charge in [0.25, 0.3) is 0 Å². The van der Waals surface area contributed by atoms with Crippen LogP contribution in [-0.2, 0) is 16.0 Å². The minimum Gasteiger partial charge on any atom is -0.465 e. The zero-order valence-corrected chi connectivity index (χ0v) is 10.6. The molecule has 1 aromatic heterocycles. The first-order chi connectivity index (χ1) is 9.20. The van der Waals surface area contributed by atoms with Crippen LogP contribution in [0, 0.1) is 0 Å². The predicted molar refractivity (Wildman–Crippen MR) is 68.0 cm³/mol. The minimum atomic E-state index is -0.788. The largest absolute Gasteiger partial charge is 0.465 e. The predicted octanol–water partition coefficient (Wildman–Crippen LogP) is 1.17. The number of carbonyl (C=O) groups excluding carboxylic acids is 1. The van der Waals surface area contributed by atoms with Gasteiger partial charge in [0.2, 0.25) is 11.8 Å². The maximum atomic E-state index is 11.4. The second-order valence-corrected chi connectivity index (χ2v) is 3.93. The molecule has 0 aliphatic heterocycles. The summed E-state index contributed by atoms with van der Waals surface area (Å²) in [5.74, 6) is 0.257. The molecular formula is C13H15N3O3. The van der Waals surface area contributed by atoms with Crippen molar-refractivity contribution in [1.29, 1.82) is 0 Å². The summed E-state index contributed by atoms with van der Waals surface area (Å²) in [4.78, 5) is 11.4. The highest BCUT2D eigenvalue weighted by atomic mass is 16.5. The van der Waals surface area contributed by atoms with Crippen LogP contribution in [0.25, 0.3) is 11.5 Å². The topological polar surface area (TPSA) is 91.2 Å². The van der Waals surface area contributed by atoms with Gasteiger partial charge in [-0.3, -0.25) is 4.79 Å². The molecule has 1 atom stereocenters. The van der Waals surface area contributed by atoms with Crippen molar-refractivity contribution in [2.45, 2.75) is 19.4 Å². The molecular weight excluding hydrogens is 246 g/mol. The Hall–Kier alpha value is -2.21. The van der Waals surface area contributed by atoms with E-state index in [1.807, 2.05) is 30.3 Å². The molecule has 0 spiro atoms. The van der Waals surface area contributed by atoms with Crippen LogP contribution in [0.1, 0.15) is 12.8 Å². The highest BCUT2D eigenvalue weighted by Crippen LogP contribution is 2.17. The van der Waals surface area contributed by atoms with E-state index in [4.69, 9.17) is 14.9 Å². The molecule has 1 heterocycles. The van der Waals surface area contributed by atoms with Crippen molar-refractivity contribution in [3.05, 3.63) is 36.2 Å². The summed E-state index contributed by atoms with van der Waals surface area (Å²) in [6.45, 7) is 2.02. The standard InChI is InChI=1S/C13H15N3O3/c1-2-18-13(17)10(14)8-11-15-16-12(19-11)9-6-4-3-5-7-9/h3-7,10H,2,8,14H2,1H3. The Kier molecular flexibility index (Phi) is 4.25. The van der Waals surface area contributed by atoms with Crippen molar-refractivity contribution in [2.75, 3.05) is 6.61 Å². The van der Waals surface area contributed by atoms with Gasteiger partial charge in [-0.2, -0.15) is 0 Å². The number of carbonyl (C=O) groups is 1. The molecule has 2 N–H and O–H groups in total. The van der Waals surface area contributed by atoms with Crippen molar-refractivity contribution in [1.82, 2.24) is 10.2 Å². The van der Waals surface area contributed by atoms with E-state index in [9.17, 15) is 4.79 Å². The summed E-state index contributed by atoms with van der Waals surface area (Å²) in [7, 11) is 0. The molecule has 100 valence electrons. The van der Waals surface area contributed by atoms with E-state index in [0.29, 0.717) is 18.4 Å². The Balaban J connectivity index is 2.04. The molecule has 0 saturated carbocycles. The fourth-order valence-electron chi connectivity index (χ4n) is 1.55. The van der Waals surface area contributed by atoms with Gasteiger partial charge in [0.05, 0.1) is 13.0 Å². The van der Waals surface area contributed by atoms with E-state index in [2.05, 4.69) is 10.2 Å². The lowest BCUT2D eigenvalue weighted by Crippen LogP contribution is -2.34. The normalized spacial score (nSPS) is 12.1. The van der Waals surface area contributed by atoms with Crippen molar-refractivity contribution in [3.8, 4) is 11.5 Å². The molecule has 6 nitrogen and oxygen atoms in total. The van der Waals surface area contributed by atoms with Crippen molar-refractivity contribution < 1.29 is 13.9 Å². The highest BCUT2D eigenvalue weighted by Gasteiger charge is 2.19. The number of benzene rings is 1. The number of hydrogen-bond donors (Lipinski definition) is 1. The molecule has 1 unspecified atom stereocenters. The Labute approximate surface area is 110 Å². The van der Waals surface area contributed by atoms with Crippen molar-refractivity contribution >= 4 is 5.97 Å². The molecule has 0 saturated heterocycles. The second-order valence-electron chi connectivity index (χ2n) is 3.93. The first kappa shape index (κ1) is 13.2. The number of esters is 1. The van der Waals surface area contributed by atoms with Crippen LogP contribution in [0.5, 0.6) is 0 Å². The van der Waals surface area contributed by atoms with E-state index in [1.54, 1.807) is 6.92 Å². The monoisotopic (exact) mass is 261 g/mol. The number of rotatable bonds is 5. The highest BCUT2D eigenvalue weighted by molar-refractivity contribution is 5.75. The summed E-state index contributed by atoms with van der Waals surface area (Å²) < 4.78 is 10.3. The van der Waals surface area contributed by atoms with Gasteiger partial charge in [0.15, 0.2) is 0 Å². The molecule has 0 bridgehead atoms.